The van der Waals surface area contributed by atoms with Gasteiger partial charge in [0.2, 0.25) is 0 Å². The Morgan fingerprint density at radius 3 is 2.75 bits per heavy atom. The number of rotatable bonds is 1. The van der Waals surface area contributed by atoms with Crippen molar-refractivity contribution in [1.82, 2.24) is 9.78 Å². The first-order chi connectivity index (χ1) is 9.55. The molecule has 2 fully saturated rings. The molecule has 2 atom stereocenters. The molecule has 4 nitrogen and oxygen atoms in total. The van der Waals surface area contributed by atoms with E-state index in [2.05, 4.69) is 5.10 Å². The minimum Gasteiger partial charge on any atom is -0.385 e. The Hall–Kier alpha value is -1.20. The lowest BCUT2D eigenvalue weighted by Crippen LogP contribution is -2.40. The van der Waals surface area contributed by atoms with Crippen LogP contribution in [0.4, 0.5) is 0 Å². The SMILES string of the molecule is Cn1cc2ccc(C3(O)CC4CCC(C3)S4=O)cc2n1. The van der Waals surface area contributed by atoms with Gasteiger partial charge in [0.1, 0.15) is 0 Å². The number of benzene rings is 1. The smallest absolute Gasteiger partial charge is 0.0927 e. The molecule has 106 valence electrons. The Balaban J connectivity index is 1.76. The van der Waals surface area contributed by atoms with E-state index in [0.29, 0.717) is 12.8 Å². The molecule has 20 heavy (non-hydrogen) atoms. The number of aromatic nitrogens is 2. The maximum Gasteiger partial charge on any atom is 0.0927 e. The normalized spacial score (nSPS) is 36.6. The molecule has 2 bridgehead atoms. The van der Waals surface area contributed by atoms with Crippen molar-refractivity contribution in [3.8, 4) is 0 Å². The van der Waals surface area contributed by atoms with Gasteiger partial charge in [-0.05, 0) is 37.3 Å². The molecule has 0 saturated carbocycles. The molecule has 2 saturated heterocycles. The molecule has 1 aromatic heterocycles. The largest absolute Gasteiger partial charge is 0.385 e. The maximum atomic E-state index is 12.1. The second-order valence-electron chi connectivity index (χ2n) is 6.17. The fourth-order valence-corrected chi connectivity index (χ4v) is 5.91. The summed E-state index contributed by atoms with van der Waals surface area (Å²) < 4.78 is 13.9. The Labute approximate surface area is 120 Å². The first-order valence-corrected chi connectivity index (χ1v) is 8.38. The molecule has 0 spiro atoms. The fraction of sp³-hybridized carbons (Fsp3) is 0.533. The lowest BCUT2D eigenvalue weighted by Gasteiger charge is -2.36. The number of hydrogen-bond donors (Lipinski definition) is 1. The van der Waals surface area contributed by atoms with Gasteiger partial charge in [-0.2, -0.15) is 5.10 Å². The zero-order chi connectivity index (χ0) is 13.9. The van der Waals surface area contributed by atoms with Crippen molar-refractivity contribution in [3.63, 3.8) is 0 Å². The Morgan fingerprint density at radius 1 is 1.35 bits per heavy atom. The molecule has 2 aliphatic rings. The van der Waals surface area contributed by atoms with E-state index >= 15 is 0 Å². The van der Waals surface area contributed by atoms with Gasteiger partial charge < -0.3 is 5.11 Å². The molecule has 5 heteroatoms. The molecule has 1 N–H and O–H groups in total. The number of fused-ring (bicyclic) bond motifs is 3. The standard InChI is InChI=1S/C15H18N2O2S/c1-17-9-10-2-3-11(6-14(10)16-17)15(18)7-12-4-5-13(8-15)20(12)19/h2-3,6,9,12-13,18H,4-5,7-8H2,1H3. The highest BCUT2D eigenvalue weighted by atomic mass is 32.2. The van der Waals surface area contributed by atoms with Gasteiger partial charge in [-0.25, -0.2) is 0 Å². The molecule has 3 heterocycles. The lowest BCUT2D eigenvalue weighted by atomic mass is 9.85. The maximum absolute atomic E-state index is 12.1. The van der Waals surface area contributed by atoms with E-state index in [4.69, 9.17) is 0 Å². The van der Waals surface area contributed by atoms with Crippen LogP contribution in [0.15, 0.2) is 24.4 Å². The molecule has 2 aliphatic heterocycles. The molecular weight excluding hydrogens is 272 g/mol. The average molecular weight is 290 g/mol. The van der Waals surface area contributed by atoms with Crippen LogP contribution in [-0.2, 0) is 23.4 Å². The van der Waals surface area contributed by atoms with Crippen LogP contribution in [-0.4, -0.2) is 29.6 Å². The van der Waals surface area contributed by atoms with E-state index in [-0.39, 0.29) is 10.5 Å². The summed E-state index contributed by atoms with van der Waals surface area (Å²) in [6, 6.07) is 6.00. The molecular formula is C15H18N2O2S. The van der Waals surface area contributed by atoms with Crippen molar-refractivity contribution in [2.75, 3.05) is 0 Å². The number of hydrogen-bond acceptors (Lipinski definition) is 3. The second-order valence-corrected chi connectivity index (χ2v) is 8.16. The highest BCUT2D eigenvalue weighted by Crippen LogP contribution is 2.46. The Bertz CT molecular complexity index is 693. The summed E-state index contributed by atoms with van der Waals surface area (Å²) in [7, 11) is 1.16. The molecule has 0 amide bonds. The minimum absolute atomic E-state index is 0.165. The summed E-state index contributed by atoms with van der Waals surface area (Å²) in [5, 5.41) is 16.9. The van der Waals surface area contributed by atoms with E-state index < -0.39 is 16.4 Å². The van der Waals surface area contributed by atoms with Crippen LogP contribution in [0, 0.1) is 0 Å². The van der Waals surface area contributed by atoms with Gasteiger partial charge in [-0.3, -0.25) is 8.89 Å². The Morgan fingerprint density at radius 2 is 2.05 bits per heavy atom. The highest BCUT2D eigenvalue weighted by molar-refractivity contribution is 7.86. The molecule has 0 aliphatic carbocycles. The number of aryl methyl sites for hydroxylation is 1. The minimum atomic E-state index is -0.828. The van der Waals surface area contributed by atoms with Crippen molar-refractivity contribution in [2.24, 2.45) is 7.05 Å². The summed E-state index contributed by atoms with van der Waals surface area (Å²) in [5.74, 6) is 0. The third-order valence-electron chi connectivity index (χ3n) is 4.76. The van der Waals surface area contributed by atoms with Gasteiger partial charge in [0, 0.05) is 39.9 Å². The summed E-state index contributed by atoms with van der Waals surface area (Å²) in [4.78, 5) is 0. The third-order valence-corrected chi connectivity index (χ3v) is 6.88. The van der Waals surface area contributed by atoms with E-state index in [1.807, 2.05) is 31.4 Å². The quantitative estimate of drug-likeness (QED) is 0.872. The van der Waals surface area contributed by atoms with Gasteiger partial charge in [0.25, 0.3) is 0 Å². The molecule has 2 unspecified atom stereocenters. The summed E-state index contributed by atoms with van der Waals surface area (Å²) in [6.07, 6.45) is 5.20. The fourth-order valence-electron chi connectivity index (χ4n) is 3.75. The van der Waals surface area contributed by atoms with Crippen LogP contribution in [0.5, 0.6) is 0 Å². The zero-order valence-corrected chi connectivity index (χ0v) is 12.3. The van der Waals surface area contributed by atoms with Crippen molar-refractivity contribution < 1.29 is 9.32 Å². The molecule has 4 rings (SSSR count). The van der Waals surface area contributed by atoms with Crippen LogP contribution in [0.25, 0.3) is 10.9 Å². The van der Waals surface area contributed by atoms with Gasteiger partial charge in [0.15, 0.2) is 0 Å². The van der Waals surface area contributed by atoms with Crippen molar-refractivity contribution in [1.29, 1.82) is 0 Å². The van der Waals surface area contributed by atoms with Crippen LogP contribution in [0.3, 0.4) is 0 Å². The van der Waals surface area contributed by atoms with Gasteiger partial charge in [-0.15, -0.1) is 0 Å². The predicted octanol–water partition coefficient (Wildman–Crippen LogP) is 1.83. The molecule has 0 radical (unpaired) electrons. The first kappa shape index (κ1) is 12.5. The topological polar surface area (TPSA) is 55.1 Å². The van der Waals surface area contributed by atoms with Gasteiger partial charge in [0.05, 0.1) is 11.1 Å². The average Bonchev–Trinajstić information content (AvgIpc) is 2.86. The monoisotopic (exact) mass is 290 g/mol. The molecule has 1 aromatic carbocycles. The summed E-state index contributed by atoms with van der Waals surface area (Å²) in [5.41, 5.74) is 1.01. The first-order valence-electron chi connectivity index (χ1n) is 7.11. The Kier molecular flexibility index (Phi) is 2.60. The van der Waals surface area contributed by atoms with Crippen LogP contribution in [0.2, 0.25) is 0 Å². The van der Waals surface area contributed by atoms with Gasteiger partial charge in [-0.1, -0.05) is 12.1 Å². The number of nitrogens with zero attached hydrogens (tertiary/aromatic N) is 2. The summed E-state index contributed by atoms with van der Waals surface area (Å²) in [6.45, 7) is 0. The van der Waals surface area contributed by atoms with E-state index in [1.165, 1.54) is 0 Å². The summed E-state index contributed by atoms with van der Waals surface area (Å²) >= 11 is 0. The number of aliphatic hydroxyl groups is 1. The highest BCUT2D eigenvalue weighted by Gasteiger charge is 2.48. The van der Waals surface area contributed by atoms with E-state index in [1.54, 1.807) is 4.68 Å². The van der Waals surface area contributed by atoms with Gasteiger partial charge >= 0.3 is 0 Å². The van der Waals surface area contributed by atoms with Crippen molar-refractivity contribution >= 4 is 21.7 Å². The zero-order valence-electron chi connectivity index (χ0n) is 11.5. The van der Waals surface area contributed by atoms with Crippen LogP contribution < -0.4 is 0 Å². The van der Waals surface area contributed by atoms with Crippen molar-refractivity contribution in [3.05, 3.63) is 30.0 Å². The lowest BCUT2D eigenvalue weighted by molar-refractivity contribution is 0.0186. The van der Waals surface area contributed by atoms with Crippen LogP contribution >= 0.6 is 0 Å². The van der Waals surface area contributed by atoms with E-state index in [9.17, 15) is 9.32 Å². The predicted molar refractivity (Wildman–Crippen MR) is 78.8 cm³/mol. The third kappa shape index (κ3) is 1.76. The second kappa shape index (κ2) is 4.15. The van der Waals surface area contributed by atoms with Crippen molar-refractivity contribution in [2.45, 2.75) is 41.8 Å². The van der Waals surface area contributed by atoms with Crippen LogP contribution in [0.1, 0.15) is 31.2 Å². The van der Waals surface area contributed by atoms with E-state index in [0.717, 1.165) is 29.3 Å². The molecule has 2 aromatic rings.